The van der Waals surface area contributed by atoms with Crippen LogP contribution in [0.5, 0.6) is 0 Å². The van der Waals surface area contributed by atoms with Crippen molar-refractivity contribution < 1.29 is 22.5 Å². The summed E-state index contributed by atoms with van der Waals surface area (Å²) in [4.78, 5) is 12.1. The fourth-order valence-electron chi connectivity index (χ4n) is 0.965. The standard InChI is InChI=1S/C5H9NO5S/c1-6(2)3-4(7)11-5(3)12(8,9)10/h3,5H,1-2H3,(H,8,9,10). The van der Waals surface area contributed by atoms with Crippen LogP contribution in [-0.2, 0) is 19.6 Å². The van der Waals surface area contributed by atoms with Crippen molar-refractivity contribution in [2.24, 2.45) is 0 Å². The molecule has 0 saturated carbocycles. The SMILES string of the molecule is CN(C)C1C(=O)OC1S(=O)(=O)O. The number of carbonyl (C=O) groups is 1. The largest absolute Gasteiger partial charge is 0.440 e. The molecule has 1 fully saturated rings. The Bertz CT molecular complexity index is 295. The topological polar surface area (TPSA) is 83.9 Å². The number of esters is 1. The second kappa shape index (κ2) is 2.68. The summed E-state index contributed by atoms with van der Waals surface area (Å²) in [5.41, 5.74) is -1.43. The van der Waals surface area contributed by atoms with Gasteiger partial charge in [-0.15, -0.1) is 0 Å². The van der Waals surface area contributed by atoms with Crippen molar-refractivity contribution in [3.8, 4) is 0 Å². The molecular formula is C5H9NO5S. The van der Waals surface area contributed by atoms with Crippen LogP contribution in [0.2, 0.25) is 0 Å². The van der Waals surface area contributed by atoms with Crippen LogP contribution >= 0.6 is 0 Å². The fourth-order valence-corrected chi connectivity index (χ4v) is 1.86. The molecule has 1 heterocycles. The molecule has 7 heteroatoms. The summed E-state index contributed by atoms with van der Waals surface area (Å²) in [7, 11) is -1.22. The van der Waals surface area contributed by atoms with E-state index < -0.39 is 27.6 Å². The molecule has 0 aromatic carbocycles. The predicted molar refractivity (Wildman–Crippen MR) is 38.9 cm³/mol. The average molecular weight is 195 g/mol. The van der Waals surface area contributed by atoms with Crippen LogP contribution < -0.4 is 0 Å². The van der Waals surface area contributed by atoms with E-state index in [1.165, 1.54) is 19.0 Å². The zero-order valence-electron chi connectivity index (χ0n) is 6.59. The van der Waals surface area contributed by atoms with Gasteiger partial charge in [-0.2, -0.15) is 8.42 Å². The quantitative estimate of drug-likeness (QED) is 0.435. The molecule has 1 aliphatic rings. The molecule has 0 aliphatic carbocycles. The molecule has 0 amide bonds. The Morgan fingerprint density at radius 1 is 1.50 bits per heavy atom. The Morgan fingerprint density at radius 3 is 2.17 bits per heavy atom. The van der Waals surface area contributed by atoms with Crippen LogP contribution in [0.3, 0.4) is 0 Å². The second-order valence-corrected chi connectivity index (χ2v) is 4.22. The smallest absolute Gasteiger partial charge is 0.329 e. The van der Waals surface area contributed by atoms with Gasteiger partial charge in [0.05, 0.1) is 0 Å². The molecule has 1 saturated heterocycles. The average Bonchev–Trinajstić information content (AvgIpc) is 1.78. The van der Waals surface area contributed by atoms with E-state index in [1.54, 1.807) is 0 Å². The van der Waals surface area contributed by atoms with Gasteiger partial charge < -0.3 is 4.74 Å². The lowest BCUT2D eigenvalue weighted by molar-refractivity contribution is -0.175. The Kier molecular flexibility index (Phi) is 2.11. The Hall–Kier alpha value is -0.660. The van der Waals surface area contributed by atoms with E-state index in [9.17, 15) is 13.2 Å². The summed E-state index contributed by atoms with van der Waals surface area (Å²) in [5.74, 6) is -0.636. The first-order chi connectivity index (χ1) is 5.34. The van der Waals surface area contributed by atoms with Gasteiger partial charge in [-0.25, -0.2) is 0 Å². The molecular weight excluding hydrogens is 186 g/mol. The van der Waals surface area contributed by atoms with Crippen molar-refractivity contribution >= 4 is 16.1 Å². The Balaban J connectivity index is 2.81. The van der Waals surface area contributed by atoms with Crippen molar-refractivity contribution in [2.45, 2.75) is 11.5 Å². The van der Waals surface area contributed by atoms with Gasteiger partial charge in [-0.05, 0) is 14.1 Å². The lowest BCUT2D eigenvalue weighted by Crippen LogP contribution is -2.60. The van der Waals surface area contributed by atoms with Crippen molar-refractivity contribution in [3.05, 3.63) is 0 Å². The van der Waals surface area contributed by atoms with Crippen LogP contribution in [0.15, 0.2) is 0 Å². The normalized spacial score (nSPS) is 29.8. The molecule has 12 heavy (non-hydrogen) atoms. The van der Waals surface area contributed by atoms with Crippen molar-refractivity contribution in [1.82, 2.24) is 4.90 Å². The molecule has 1 aliphatic heterocycles. The summed E-state index contributed by atoms with van der Waals surface area (Å²) in [5, 5.41) is 0. The van der Waals surface area contributed by atoms with E-state index in [4.69, 9.17) is 4.55 Å². The first kappa shape index (κ1) is 9.43. The third-order valence-corrected chi connectivity index (χ3v) is 2.52. The van der Waals surface area contributed by atoms with E-state index in [2.05, 4.69) is 4.74 Å². The number of carbonyl (C=O) groups excluding carboxylic acids is 1. The van der Waals surface area contributed by atoms with Crippen LogP contribution in [0.1, 0.15) is 0 Å². The van der Waals surface area contributed by atoms with Gasteiger partial charge in [-0.3, -0.25) is 14.2 Å². The summed E-state index contributed by atoms with van der Waals surface area (Å²) in [6, 6.07) is -0.889. The third kappa shape index (κ3) is 1.43. The summed E-state index contributed by atoms with van der Waals surface area (Å²) in [6.45, 7) is 0. The molecule has 2 unspecified atom stereocenters. The fraction of sp³-hybridized carbons (Fsp3) is 0.800. The third-order valence-electron chi connectivity index (χ3n) is 1.58. The number of likely N-dealkylation sites (N-methyl/N-ethyl adjacent to an activating group) is 1. The maximum Gasteiger partial charge on any atom is 0.329 e. The molecule has 0 radical (unpaired) electrons. The number of rotatable bonds is 2. The summed E-state index contributed by atoms with van der Waals surface area (Å²) < 4.78 is 33.9. The Morgan fingerprint density at radius 2 is 2.00 bits per heavy atom. The number of hydrogen-bond acceptors (Lipinski definition) is 5. The highest BCUT2D eigenvalue weighted by molar-refractivity contribution is 7.86. The van der Waals surface area contributed by atoms with Gasteiger partial charge in [0.1, 0.15) is 0 Å². The minimum absolute atomic E-state index is 0.636. The molecule has 6 nitrogen and oxygen atoms in total. The zero-order valence-corrected chi connectivity index (χ0v) is 7.41. The van der Waals surface area contributed by atoms with Crippen LogP contribution in [0, 0.1) is 0 Å². The van der Waals surface area contributed by atoms with E-state index in [-0.39, 0.29) is 0 Å². The van der Waals surface area contributed by atoms with Crippen molar-refractivity contribution in [1.29, 1.82) is 0 Å². The van der Waals surface area contributed by atoms with Crippen molar-refractivity contribution in [2.75, 3.05) is 14.1 Å². The molecule has 2 atom stereocenters. The van der Waals surface area contributed by atoms with E-state index in [0.29, 0.717) is 0 Å². The number of nitrogens with zero attached hydrogens (tertiary/aromatic N) is 1. The minimum Gasteiger partial charge on any atom is -0.440 e. The molecule has 1 N–H and O–H groups in total. The second-order valence-electron chi connectivity index (χ2n) is 2.73. The first-order valence-electron chi connectivity index (χ1n) is 3.17. The Labute approximate surface area is 69.9 Å². The van der Waals surface area contributed by atoms with Gasteiger partial charge in [0, 0.05) is 0 Å². The van der Waals surface area contributed by atoms with Crippen LogP contribution in [-0.4, -0.2) is 49.4 Å². The highest BCUT2D eigenvalue weighted by atomic mass is 32.2. The molecule has 0 bridgehead atoms. The summed E-state index contributed by atoms with van der Waals surface area (Å²) >= 11 is 0. The van der Waals surface area contributed by atoms with E-state index >= 15 is 0 Å². The highest BCUT2D eigenvalue weighted by Crippen LogP contribution is 2.22. The molecule has 1 rings (SSSR count). The minimum atomic E-state index is -4.28. The van der Waals surface area contributed by atoms with Crippen molar-refractivity contribution in [3.63, 3.8) is 0 Å². The molecule has 0 aromatic rings. The van der Waals surface area contributed by atoms with Gasteiger partial charge in [0.25, 0.3) is 5.44 Å². The van der Waals surface area contributed by atoms with Gasteiger partial charge >= 0.3 is 16.1 Å². The molecule has 0 aromatic heterocycles. The zero-order chi connectivity index (χ0) is 9.52. The molecule has 0 spiro atoms. The van der Waals surface area contributed by atoms with Crippen LogP contribution in [0.4, 0.5) is 0 Å². The number of cyclic esters (lactones) is 1. The van der Waals surface area contributed by atoms with Crippen LogP contribution in [0.25, 0.3) is 0 Å². The lowest BCUT2D eigenvalue weighted by atomic mass is 10.2. The highest BCUT2D eigenvalue weighted by Gasteiger charge is 2.51. The van der Waals surface area contributed by atoms with Gasteiger partial charge in [0.2, 0.25) is 0 Å². The maximum atomic E-state index is 10.7. The monoisotopic (exact) mass is 195 g/mol. The van der Waals surface area contributed by atoms with E-state index in [0.717, 1.165) is 0 Å². The first-order valence-corrected chi connectivity index (χ1v) is 4.67. The molecule has 70 valence electrons. The predicted octanol–water partition coefficient (Wildman–Crippen LogP) is -1.31. The summed E-state index contributed by atoms with van der Waals surface area (Å²) in [6.07, 6.45) is 0. The lowest BCUT2D eigenvalue weighted by Gasteiger charge is -2.36. The van der Waals surface area contributed by atoms with Gasteiger partial charge in [-0.1, -0.05) is 0 Å². The number of hydrogen-bond donors (Lipinski definition) is 1. The van der Waals surface area contributed by atoms with E-state index in [1.807, 2.05) is 0 Å². The van der Waals surface area contributed by atoms with Gasteiger partial charge in [0.15, 0.2) is 6.04 Å². The maximum absolute atomic E-state index is 10.7. The number of ether oxygens (including phenoxy) is 1.